The van der Waals surface area contributed by atoms with Crippen molar-refractivity contribution in [2.24, 2.45) is 0 Å². The Morgan fingerprint density at radius 1 is 0.459 bits per heavy atom. The maximum absolute atomic E-state index is 13.0. The number of halogens is 9. The number of rotatable bonds is 2. The molecule has 0 N–H and O–H groups in total. The highest BCUT2D eigenvalue weighted by Gasteiger charge is 2.22. The molecule has 0 amide bonds. The van der Waals surface area contributed by atoms with Crippen LogP contribution in [0.4, 0.5) is 26.3 Å². The van der Waals surface area contributed by atoms with Gasteiger partial charge in [-0.1, -0.05) is 146 Å². The van der Waals surface area contributed by atoms with Crippen LogP contribution in [0.5, 0.6) is 0 Å². The smallest absolute Gasteiger partial charge is 0.199 e. The molecular formula is C55H66Cl3F6N5S5. The van der Waals surface area contributed by atoms with E-state index in [0.29, 0.717) is 16.2 Å². The molecule has 0 saturated carbocycles. The fourth-order valence-corrected chi connectivity index (χ4v) is 10.5. The zero-order valence-corrected chi connectivity index (χ0v) is 51.2. The molecule has 10 aromatic rings. The van der Waals surface area contributed by atoms with Gasteiger partial charge in [-0.3, -0.25) is 0 Å². The molecule has 5 aromatic carbocycles. The molecule has 0 aliphatic carbocycles. The van der Waals surface area contributed by atoms with E-state index in [1.54, 1.807) is 40.9 Å². The highest BCUT2D eigenvalue weighted by Crippen LogP contribution is 2.34. The molecule has 10 rings (SSSR count). The summed E-state index contributed by atoms with van der Waals surface area (Å²) in [6.45, 7) is 34.6. The Bertz CT molecular complexity index is 3190. The Morgan fingerprint density at radius 3 is 1.35 bits per heavy atom. The molecule has 74 heavy (non-hydrogen) atoms. The van der Waals surface area contributed by atoms with Crippen LogP contribution in [0, 0.1) is 41.8 Å². The Labute approximate surface area is 468 Å². The molecule has 5 heterocycles. The average molecular weight is 1180 g/mol. The van der Waals surface area contributed by atoms with Crippen LogP contribution in [0.15, 0.2) is 70.0 Å². The normalized spacial score (nSPS) is 10.2. The van der Waals surface area contributed by atoms with Crippen molar-refractivity contribution in [3.05, 3.63) is 142 Å². The van der Waals surface area contributed by atoms with Gasteiger partial charge in [0.05, 0.1) is 82.7 Å². The van der Waals surface area contributed by atoms with Crippen LogP contribution in [0.1, 0.15) is 139 Å². The van der Waals surface area contributed by atoms with E-state index in [-0.39, 0.29) is 15.6 Å². The van der Waals surface area contributed by atoms with Crippen molar-refractivity contribution in [1.82, 2.24) is 24.9 Å². The molecule has 0 radical (unpaired) electrons. The summed E-state index contributed by atoms with van der Waals surface area (Å²) in [6.07, 6.45) is 1.01. The molecule has 5 aromatic heterocycles. The van der Waals surface area contributed by atoms with Gasteiger partial charge in [0.25, 0.3) is 0 Å². The lowest BCUT2D eigenvalue weighted by atomic mass is 9.87. The first-order valence-electron chi connectivity index (χ1n) is 24.1. The van der Waals surface area contributed by atoms with Crippen LogP contribution >= 0.6 is 91.5 Å². The summed E-state index contributed by atoms with van der Waals surface area (Å²) in [6, 6.07) is 13.3. The lowest BCUT2D eigenvalue weighted by Crippen LogP contribution is -2.10. The van der Waals surface area contributed by atoms with Gasteiger partial charge in [0.1, 0.15) is 16.9 Å². The third kappa shape index (κ3) is 18.1. The van der Waals surface area contributed by atoms with E-state index in [4.69, 9.17) is 34.8 Å². The first kappa shape index (κ1) is 68.0. The molecule has 5 nitrogen and oxygen atoms in total. The summed E-state index contributed by atoms with van der Waals surface area (Å²) in [5.41, 5.74) is 15.3. The van der Waals surface area contributed by atoms with Crippen molar-refractivity contribution >= 4 is 143 Å². The first-order chi connectivity index (χ1) is 35.3. The molecule has 0 bridgehead atoms. The fraction of sp³-hybridized carbons (Fsp3) is 0.364. The van der Waals surface area contributed by atoms with Gasteiger partial charge in [0, 0.05) is 11.6 Å². The molecule has 0 fully saturated rings. The minimum absolute atomic E-state index is 0.126. The minimum atomic E-state index is -1.82. The van der Waals surface area contributed by atoms with Gasteiger partial charge < -0.3 is 0 Å². The van der Waals surface area contributed by atoms with Gasteiger partial charge in [-0.2, -0.15) is 0 Å². The minimum Gasteiger partial charge on any atom is -0.245 e. The first-order valence-corrected chi connectivity index (χ1v) is 29.6. The van der Waals surface area contributed by atoms with Crippen LogP contribution in [0.2, 0.25) is 15.1 Å². The third-order valence-corrected chi connectivity index (χ3v) is 15.1. The van der Waals surface area contributed by atoms with E-state index in [9.17, 15) is 26.3 Å². The van der Waals surface area contributed by atoms with E-state index >= 15 is 0 Å². The molecule has 19 heteroatoms. The SMILES string of the molecule is CC.CC.CC.CC.CC.CC(C)(C)c1cc(Cl)c2scnc2c1.CC(C)c1cc(Cl)c2scnc2c1.CCc1cc(Cl)c2scnc2c1.Cc1c(F)cc(F)c2ncsc12.Fc1c(F)c(F)c2scnc2c1F. The van der Waals surface area contributed by atoms with Gasteiger partial charge in [0.2, 0.25) is 0 Å². The standard InChI is InChI=1S/C11H12ClNS.C10H10ClNS.C9H8ClNS.C8H5F2NS.C7HF4NS.5C2H6/c1-11(2,3)7-4-8(12)10-9(5-7)13-6-14-10;1-6(2)7-3-8(11)10-9(4-7)12-5-13-10;1-2-6-3-7(10)9-8(4-6)11-5-12-9;1-4-5(9)2-6(10)7-8(4)12-3-11-7;8-2-3(9)5(11)7-6(4(2)10)12-1-13-7;5*1-2/h4-6H,1-3H3;3-6H,1-2H3;3-5H,2H2,1H3;2-3H,1H3;1H;5*1-2H3. The molecular weight excluding hydrogens is 1110 g/mol. The molecule has 404 valence electrons. The summed E-state index contributed by atoms with van der Waals surface area (Å²) in [7, 11) is 0. The number of aryl methyl sites for hydroxylation is 2. The summed E-state index contributed by atoms with van der Waals surface area (Å²) < 4.78 is 80.3. The average Bonchev–Trinajstić information content (AvgIpc) is 4.28. The molecule has 0 aliphatic heterocycles. The molecule has 0 aliphatic rings. The van der Waals surface area contributed by atoms with Gasteiger partial charge in [-0.05, 0) is 77.8 Å². The zero-order valence-electron chi connectivity index (χ0n) is 44.9. The number of fused-ring (bicyclic) bond motifs is 5. The quantitative estimate of drug-likeness (QED) is 0.0980. The molecule has 0 unspecified atom stereocenters. The number of nitrogens with zero attached hydrogens (tertiary/aromatic N) is 5. The number of hydrogen-bond acceptors (Lipinski definition) is 10. The maximum Gasteiger partial charge on any atom is 0.199 e. The predicted molar refractivity (Wildman–Crippen MR) is 317 cm³/mol. The zero-order chi connectivity index (χ0) is 56.6. The van der Waals surface area contributed by atoms with Gasteiger partial charge in [0.15, 0.2) is 29.1 Å². The van der Waals surface area contributed by atoms with Gasteiger partial charge >= 0.3 is 0 Å². The highest BCUT2D eigenvalue weighted by molar-refractivity contribution is 7.18. The Kier molecular flexibility index (Phi) is 31.2. The predicted octanol–water partition coefficient (Wildman–Crippen LogP) is 22.7. The van der Waals surface area contributed by atoms with E-state index in [2.05, 4.69) is 84.7 Å². The summed E-state index contributed by atoms with van der Waals surface area (Å²) in [5, 5.41) is 2.46. The number of thiazole rings is 5. The summed E-state index contributed by atoms with van der Waals surface area (Å²) >= 11 is 25.1. The lowest BCUT2D eigenvalue weighted by molar-refractivity contribution is 0.418. The number of benzene rings is 5. The van der Waals surface area contributed by atoms with Crippen molar-refractivity contribution < 1.29 is 26.3 Å². The van der Waals surface area contributed by atoms with Crippen LogP contribution in [0.25, 0.3) is 51.1 Å². The van der Waals surface area contributed by atoms with Crippen molar-refractivity contribution in [3.8, 4) is 0 Å². The Balaban J connectivity index is 0.000000443. The summed E-state index contributed by atoms with van der Waals surface area (Å²) in [4.78, 5) is 19.9. The van der Waals surface area contributed by atoms with Crippen molar-refractivity contribution in [3.63, 3.8) is 0 Å². The highest BCUT2D eigenvalue weighted by atomic mass is 35.5. The number of hydrogen-bond donors (Lipinski definition) is 0. The van der Waals surface area contributed by atoms with Gasteiger partial charge in [-0.15, -0.1) is 56.7 Å². The topological polar surface area (TPSA) is 64.5 Å². The Hall–Kier alpha value is -4.00. The largest absolute Gasteiger partial charge is 0.245 e. The second-order valence-corrected chi connectivity index (χ2v) is 20.7. The second-order valence-electron chi connectivity index (χ2n) is 15.2. The Morgan fingerprint density at radius 2 is 0.865 bits per heavy atom. The van der Waals surface area contributed by atoms with Crippen molar-refractivity contribution in [1.29, 1.82) is 0 Å². The fourth-order valence-electron chi connectivity index (χ4n) is 5.86. The van der Waals surface area contributed by atoms with Gasteiger partial charge in [-0.25, -0.2) is 51.3 Å². The van der Waals surface area contributed by atoms with E-state index < -0.39 is 40.4 Å². The van der Waals surface area contributed by atoms with E-state index in [1.807, 2.05) is 104 Å². The summed E-state index contributed by atoms with van der Waals surface area (Å²) in [5.74, 6) is -7.06. The van der Waals surface area contributed by atoms with Crippen molar-refractivity contribution in [2.75, 3.05) is 0 Å². The molecule has 0 saturated heterocycles. The van der Waals surface area contributed by atoms with Crippen LogP contribution in [-0.2, 0) is 11.8 Å². The second kappa shape index (κ2) is 33.9. The maximum atomic E-state index is 13.0. The third-order valence-electron chi connectivity index (χ3n) is 9.48. The van der Waals surface area contributed by atoms with Crippen LogP contribution in [0.3, 0.4) is 0 Å². The molecule has 0 atom stereocenters. The van der Waals surface area contributed by atoms with E-state index in [0.717, 1.165) is 75.1 Å². The molecule has 0 spiro atoms. The van der Waals surface area contributed by atoms with Crippen molar-refractivity contribution in [2.45, 2.75) is 135 Å². The van der Waals surface area contributed by atoms with Crippen LogP contribution in [-0.4, -0.2) is 24.9 Å². The van der Waals surface area contributed by atoms with Crippen LogP contribution < -0.4 is 0 Å². The van der Waals surface area contributed by atoms with E-state index in [1.165, 1.54) is 33.5 Å². The lowest BCUT2D eigenvalue weighted by Gasteiger charge is -2.19. The number of aromatic nitrogens is 5. The monoisotopic (exact) mass is 1180 g/mol.